The predicted octanol–water partition coefficient (Wildman–Crippen LogP) is 2.84. The Morgan fingerprint density at radius 3 is 2.67 bits per heavy atom. The van der Waals surface area contributed by atoms with Gasteiger partial charge in [0.15, 0.2) is 0 Å². The van der Waals surface area contributed by atoms with E-state index in [1.54, 1.807) is 25.3 Å². The molecule has 1 aromatic heterocycles. The third kappa shape index (κ3) is 2.75. The van der Waals surface area contributed by atoms with Crippen LogP contribution in [0.1, 0.15) is 22.9 Å². The molecule has 1 heterocycles. The fourth-order valence-electron chi connectivity index (χ4n) is 1.76. The summed E-state index contributed by atoms with van der Waals surface area (Å²) in [6.07, 6.45) is 1.70. The van der Waals surface area contributed by atoms with Crippen molar-refractivity contribution >= 4 is 15.9 Å². The maximum atomic E-state index is 13.2. The van der Waals surface area contributed by atoms with E-state index in [-0.39, 0.29) is 11.9 Å². The molecule has 5 heteroatoms. The van der Waals surface area contributed by atoms with Gasteiger partial charge in [0.1, 0.15) is 5.82 Å². The van der Waals surface area contributed by atoms with Crippen molar-refractivity contribution in [1.82, 2.24) is 10.4 Å². The van der Waals surface area contributed by atoms with Gasteiger partial charge in [0.05, 0.1) is 11.7 Å². The first-order chi connectivity index (χ1) is 8.61. The molecule has 0 aliphatic rings. The summed E-state index contributed by atoms with van der Waals surface area (Å²) in [6.45, 7) is 1.72. The van der Waals surface area contributed by atoms with Crippen LogP contribution in [0, 0.1) is 12.7 Å². The SMILES string of the molecule is Cc1cc(C(NN)c2ccc(Br)cn2)ccc1F. The number of halogens is 2. The highest BCUT2D eigenvalue weighted by Gasteiger charge is 2.14. The minimum Gasteiger partial charge on any atom is -0.271 e. The zero-order valence-corrected chi connectivity index (χ0v) is 11.4. The minimum absolute atomic E-state index is 0.224. The summed E-state index contributed by atoms with van der Waals surface area (Å²) in [7, 11) is 0. The number of hydrogen-bond donors (Lipinski definition) is 2. The largest absolute Gasteiger partial charge is 0.271 e. The van der Waals surface area contributed by atoms with Gasteiger partial charge in [-0.05, 0) is 52.2 Å². The summed E-state index contributed by atoms with van der Waals surface area (Å²) in [5.74, 6) is 5.34. The third-order valence-corrected chi connectivity index (χ3v) is 3.20. The highest BCUT2D eigenvalue weighted by molar-refractivity contribution is 9.10. The van der Waals surface area contributed by atoms with Gasteiger partial charge >= 0.3 is 0 Å². The summed E-state index contributed by atoms with van der Waals surface area (Å²) in [5, 5.41) is 0. The molecule has 94 valence electrons. The molecule has 1 aromatic carbocycles. The molecule has 3 nitrogen and oxygen atoms in total. The van der Waals surface area contributed by atoms with E-state index in [0.29, 0.717) is 5.56 Å². The van der Waals surface area contributed by atoms with Crippen LogP contribution in [-0.2, 0) is 0 Å². The Kier molecular flexibility index (Phi) is 4.06. The van der Waals surface area contributed by atoms with Crippen molar-refractivity contribution in [3.05, 3.63) is 63.6 Å². The van der Waals surface area contributed by atoms with Crippen LogP contribution < -0.4 is 11.3 Å². The van der Waals surface area contributed by atoms with Crippen LogP contribution >= 0.6 is 15.9 Å². The van der Waals surface area contributed by atoms with E-state index in [1.165, 1.54) is 6.07 Å². The molecule has 0 aliphatic heterocycles. The van der Waals surface area contributed by atoms with Gasteiger partial charge in [-0.25, -0.2) is 9.82 Å². The van der Waals surface area contributed by atoms with E-state index in [0.717, 1.165) is 15.7 Å². The van der Waals surface area contributed by atoms with E-state index < -0.39 is 0 Å². The van der Waals surface area contributed by atoms with Crippen molar-refractivity contribution in [2.75, 3.05) is 0 Å². The molecule has 0 bridgehead atoms. The molecule has 0 fully saturated rings. The molecule has 18 heavy (non-hydrogen) atoms. The van der Waals surface area contributed by atoms with E-state index in [2.05, 4.69) is 26.3 Å². The zero-order valence-electron chi connectivity index (χ0n) is 9.82. The Morgan fingerprint density at radius 1 is 1.33 bits per heavy atom. The first-order valence-electron chi connectivity index (χ1n) is 5.45. The number of nitrogens with zero attached hydrogens (tertiary/aromatic N) is 1. The molecular weight excluding hydrogens is 297 g/mol. The number of rotatable bonds is 3. The Hall–Kier alpha value is -1.30. The monoisotopic (exact) mass is 309 g/mol. The molecule has 0 aliphatic carbocycles. The molecule has 0 saturated heterocycles. The van der Waals surface area contributed by atoms with Crippen LogP contribution in [0.3, 0.4) is 0 Å². The number of nitrogens with one attached hydrogen (secondary N) is 1. The Bertz CT molecular complexity index is 542. The van der Waals surface area contributed by atoms with Gasteiger partial charge in [-0.3, -0.25) is 10.8 Å². The fourth-order valence-corrected chi connectivity index (χ4v) is 1.99. The van der Waals surface area contributed by atoms with E-state index in [1.807, 2.05) is 12.1 Å². The predicted molar refractivity (Wildman–Crippen MR) is 72.2 cm³/mol. The topological polar surface area (TPSA) is 50.9 Å². The average molecular weight is 310 g/mol. The average Bonchev–Trinajstić information content (AvgIpc) is 2.37. The Labute approximate surface area is 113 Å². The number of aryl methyl sites for hydroxylation is 1. The Morgan fingerprint density at radius 2 is 2.11 bits per heavy atom. The molecule has 3 N–H and O–H groups in total. The molecule has 1 atom stereocenters. The van der Waals surface area contributed by atoms with E-state index in [9.17, 15) is 4.39 Å². The van der Waals surface area contributed by atoms with Gasteiger partial charge in [0.25, 0.3) is 0 Å². The summed E-state index contributed by atoms with van der Waals surface area (Å²) >= 11 is 3.33. The second-order valence-corrected chi connectivity index (χ2v) is 4.93. The lowest BCUT2D eigenvalue weighted by Gasteiger charge is -2.16. The second kappa shape index (κ2) is 5.56. The molecular formula is C13H13BrFN3. The molecule has 2 rings (SSSR count). The summed E-state index contributed by atoms with van der Waals surface area (Å²) < 4.78 is 14.1. The van der Waals surface area contributed by atoms with Crippen molar-refractivity contribution in [3.8, 4) is 0 Å². The van der Waals surface area contributed by atoms with E-state index in [4.69, 9.17) is 5.84 Å². The molecule has 0 spiro atoms. The van der Waals surface area contributed by atoms with E-state index >= 15 is 0 Å². The quantitative estimate of drug-likeness (QED) is 0.677. The lowest BCUT2D eigenvalue weighted by atomic mass is 10.0. The number of hydrogen-bond acceptors (Lipinski definition) is 3. The van der Waals surface area contributed by atoms with Crippen molar-refractivity contribution in [1.29, 1.82) is 0 Å². The van der Waals surface area contributed by atoms with Gasteiger partial charge in [-0.2, -0.15) is 0 Å². The van der Waals surface area contributed by atoms with Crippen LogP contribution in [0.25, 0.3) is 0 Å². The highest BCUT2D eigenvalue weighted by atomic mass is 79.9. The van der Waals surface area contributed by atoms with Crippen molar-refractivity contribution in [2.24, 2.45) is 5.84 Å². The summed E-state index contributed by atoms with van der Waals surface area (Å²) in [4.78, 5) is 4.29. The van der Waals surface area contributed by atoms with Gasteiger partial charge in [-0.15, -0.1) is 0 Å². The van der Waals surface area contributed by atoms with Crippen LogP contribution in [0.2, 0.25) is 0 Å². The van der Waals surface area contributed by atoms with Crippen molar-refractivity contribution in [3.63, 3.8) is 0 Å². The van der Waals surface area contributed by atoms with Crippen LogP contribution in [-0.4, -0.2) is 4.98 Å². The molecule has 0 saturated carbocycles. The smallest absolute Gasteiger partial charge is 0.126 e. The van der Waals surface area contributed by atoms with Crippen LogP contribution in [0.5, 0.6) is 0 Å². The maximum Gasteiger partial charge on any atom is 0.126 e. The first kappa shape index (κ1) is 13.1. The zero-order chi connectivity index (χ0) is 13.1. The number of aromatic nitrogens is 1. The number of nitrogens with two attached hydrogens (primary N) is 1. The maximum absolute atomic E-state index is 13.2. The number of hydrazine groups is 1. The summed E-state index contributed by atoms with van der Waals surface area (Å²) in [5.41, 5.74) is 4.95. The second-order valence-electron chi connectivity index (χ2n) is 4.01. The number of pyridine rings is 1. The van der Waals surface area contributed by atoms with Gasteiger partial charge in [0, 0.05) is 10.7 Å². The van der Waals surface area contributed by atoms with Crippen LogP contribution in [0.4, 0.5) is 4.39 Å². The standard InChI is InChI=1S/C13H13BrFN3/c1-8-6-9(2-4-11(8)15)13(18-16)12-5-3-10(14)7-17-12/h2-7,13,18H,16H2,1H3. The van der Waals surface area contributed by atoms with Crippen molar-refractivity contribution in [2.45, 2.75) is 13.0 Å². The first-order valence-corrected chi connectivity index (χ1v) is 6.24. The van der Waals surface area contributed by atoms with Crippen molar-refractivity contribution < 1.29 is 4.39 Å². The molecule has 0 radical (unpaired) electrons. The van der Waals surface area contributed by atoms with Crippen LogP contribution in [0.15, 0.2) is 41.0 Å². The minimum atomic E-state index is -0.252. The Balaban J connectivity index is 2.38. The summed E-state index contributed by atoms with van der Waals surface area (Å²) in [6, 6.07) is 8.42. The highest BCUT2D eigenvalue weighted by Crippen LogP contribution is 2.22. The molecule has 0 amide bonds. The third-order valence-electron chi connectivity index (χ3n) is 2.73. The molecule has 2 aromatic rings. The number of benzene rings is 1. The lowest BCUT2D eigenvalue weighted by molar-refractivity contribution is 0.602. The van der Waals surface area contributed by atoms with Gasteiger partial charge < -0.3 is 0 Å². The lowest BCUT2D eigenvalue weighted by Crippen LogP contribution is -2.29. The fraction of sp³-hybridized carbons (Fsp3) is 0.154. The normalized spacial score (nSPS) is 12.4. The van der Waals surface area contributed by atoms with Gasteiger partial charge in [0.2, 0.25) is 0 Å². The molecule has 1 unspecified atom stereocenters. The van der Waals surface area contributed by atoms with Gasteiger partial charge in [-0.1, -0.05) is 12.1 Å².